The van der Waals surface area contributed by atoms with Crippen molar-refractivity contribution < 1.29 is 19.1 Å². The number of anilines is 4. The molecule has 1 fully saturated rings. The lowest BCUT2D eigenvalue weighted by atomic mass is 10.0. The smallest absolute Gasteiger partial charge is 0.240 e. The maximum atomic E-state index is 12.9. The molecule has 0 radical (unpaired) electrons. The minimum atomic E-state index is -1.04. The van der Waals surface area contributed by atoms with E-state index in [1.807, 2.05) is 42.5 Å². The fraction of sp³-hybridized carbons (Fsp3) is 0.107. The van der Waals surface area contributed by atoms with Crippen LogP contribution >= 0.6 is 0 Å². The summed E-state index contributed by atoms with van der Waals surface area (Å²) >= 11 is 0. The van der Waals surface area contributed by atoms with E-state index in [0.29, 0.717) is 53.0 Å². The van der Waals surface area contributed by atoms with Gasteiger partial charge in [-0.15, -0.1) is 0 Å². The Morgan fingerprint density at radius 3 is 2.22 bits per heavy atom. The molecule has 0 atom stereocenters. The average molecular weight is 479 g/mol. The largest absolute Gasteiger partial charge is 0.453 e. The fourth-order valence-electron chi connectivity index (χ4n) is 4.03. The third kappa shape index (κ3) is 4.09. The van der Waals surface area contributed by atoms with Gasteiger partial charge in [-0.2, -0.15) is 0 Å². The molecule has 8 heteroatoms. The Morgan fingerprint density at radius 2 is 1.50 bits per heavy atom. The van der Waals surface area contributed by atoms with Gasteiger partial charge >= 0.3 is 0 Å². The number of carbonyl (C=O) groups excluding carboxylic acids is 2. The summed E-state index contributed by atoms with van der Waals surface area (Å²) in [6.07, 6.45) is 2.68. The highest BCUT2D eigenvalue weighted by Crippen LogP contribution is 2.48. The van der Waals surface area contributed by atoms with Crippen molar-refractivity contribution in [2.45, 2.75) is 12.8 Å². The summed E-state index contributed by atoms with van der Waals surface area (Å²) in [5.41, 5.74) is 1.04. The molecule has 4 aromatic rings. The molecule has 1 aliphatic heterocycles. The molecule has 1 saturated carbocycles. The van der Waals surface area contributed by atoms with E-state index in [0.717, 1.165) is 5.69 Å². The van der Waals surface area contributed by atoms with Crippen LogP contribution in [-0.4, -0.2) is 16.8 Å². The molecule has 2 aliphatic rings. The SMILES string of the molecule is O=C(Nc1ccccc1)C1(C(=O)Nc2ccc(Oc3ccnc4c3Oc3ccccc3N4)cc2)CC1. The number of pyridine rings is 1. The van der Waals surface area contributed by atoms with Gasteiger partial charge in [0, 0.05) is 23.6 Å². The van der Waals surface area contributed by atoms with Gasteiger partial charge in [-0.1, -0.05) is 30.3 Å². The number of nitrogens with one attached hydrogen (secondary N) is 3. The van der Waals surface area contributed by atoms with E-state index in [4.69, 9.17) is 9.47 Å². The zero-order valence-corrected chi connectivity index (χ0v) is 19.2. The van der Waals surface area contributed by atoms with Crippen LogP contribution in [0.4, 0.5) is 22.9 Å². The van der Waals surface area contributed by atoms with Crippen LogP contribution < -0.4 is 25.4 Å². The van der Waals surface area contributed by atoms with Gasteiger partial charge in [0.1, 0.15) is 11.2 Å². The van der Waals surface area contributed by atoms with Crippen molar-refractivity contribution in [2.75, 3.05) is 16.0 Å². The first kappa shape index (κ1) is 21.7. The molecular weight excluding hydrogens is 456 g/mol. The van der Waals surface area contributed by atoms with Crippen molar-refractivity contribution >= 4 is 34.7 Å². The summed E-state index contributed by atoms with van der Waals surface area (Å²) in [5, 5.41) is 8.95. The number of aromatic nitrogens is 1. The monoisotopic (exact) mass is 478 g/mol. The number of nitrogens with zero attached hydrogens (tertiary/aromatic N) is 1. The first-order chi connectivity index (χ1) is 17.6. The number of benzene rings is 3. The van der Waals surface area contributed by atoms with Crippen LogP contribution in [0.2, 0.25) is 0 Å². The number of ether oxygens (including phenoxy) is 2. The molecule has 0 bridgehead atoms. The standard InChI is InChI=1S/C28H22N4O4/c33-26(30-18-6-2-1-3-7-18)28(15-16-28)27(34)31-19-10-12-20(13-11-19)35-23-14-17-29-25-24(23)36-22-9-5-4-8-21(22)32-25/h1-14,17H,15-16H2,(H,29,32)(H,30,33)(H,31,34). The van der Waals surface area contributed by atoms with Crippen LogP contribution in [0, 0.1) is 5.41 Å². The highest BCUT2D eigenvalue weighted by molar-refractivity contribution is 6.16. The third-order valence-corrected chi connectivity index (χ3v) is 6.21. The van der Waals surface area contributed by atoms with Crippen LogP contribution in [0.3, 0.4) is 0 Å². The second kappa shape index (κ2) is 8.74. The molecule has 6 rings (SSSR count). The van der Waals surface area contributed by atoms with Crippen molar-refractivity contribution in [1.29, 1.82) is 0 Å². The number of fused-ring (bicyclic) bond motifs is 2. The Bertz CT molecular complexity index is 1450. The second-order valence-electron chi connectivity index (χ2n) is 8.69. The lowest BCUT2D eigenvalue weighted by Gasteiger charge is -2.22. The van der Waals surface area contributed by atoms with Crippen molar-refractivity contribution in [3.63, 3.8) is 0 Å². The van der Waals surface area contributed by atoms with Crippen molar-refractivity contribution in [1.82, 2.24) is 4.98 Å². The molecule has 178 valence electrons. The van der Waals surface area contributed by atoms with Crippen LogP contribution in [0.5, 0.6) is 23.0 Å². The summed E-state index contributed by atoms with van der Waals surface area (Å²) in [6.45, 7) is 0. The zero-order valence-electron chi connectivity index (χ0n) is 19.2. The minimum Gasteiger partial charge on any atom is -0.453 e. The maximum Gasteiger partial charge on any atom is 0.240 e. The fourth-order valence-corrected chi connectivity index (χ4v) is 4.03. The lowest BCUT2D eigenvalue weighted by Crippen LogP contribution is -2.35. The molecule has 8 nitrogen and oxygen atoms in total. The minimum absolute atomic E-state index is 0.288. The molecule has 1 aromatic heterocycles. The molecule has 3 aromatic carbocycles. The van der Waals surface area contributed by atoms with Crippen molar-refractivity contribution in [3.05, 3.63) is 91.1 Å². The molecule has 36 heavy (non-hydrogen) atoms. The normalized spacial score (nSPS) is 14.2. The van der Waals surface area contributed by atoms with Gasteiger partial charge in [0.05, 0.1) is 5.69 Å². The number of carbonyl (C=O) groups is 2. The van der Waals surface area contributed by atoms with Gasteiger partial charge < -0.3 is 25.4 Å². The Labute approximate surface area is 207 Å². The second-order valence-corrected chi connectivity index (χ2v) is 8.69. The number of rotatable bonds is 6. The number of amides is 2. The molecule has 2 amide bonds. The van der Waals surface area contributed by atoms with Crippen LogP contribution in [-0.2, 0) is 9.59 Å². The molecule has 0 spiro atoms. The Kier molecular flexibility index (Phi) is 5.26. The van der Waals surface area contributed by atoms with E-state index in [-0.39, 0.29) is 11.8 Å². The quantitative estimate of drug-likeness (QED) is 0.256. The van der Waals surface area contributed by atoms with Crippen LogP contribution in [0.1, 0.15) is 12.8 Å². The predicted molar refractivity (Wildman–Crippen MR) is 136 cm³/mol. The van der Waals surface area contributed by atoms with E-state index < -0.39 is 5.41 Å². The summed E-state index contributed by atoms with van der Waals surface area (Å²) in [4.78, 5) is 30.0. The Hall–Kier alpha value is -4.85. The molecular formula is C28H22N4O4. The van der Waals surface area contributed by atoms with Gasteiger partial charge in [-0.05, 0) is 61.4 Å². The Morgan fingerprint density at radius 1 is 0.833 bits per heavy atom. The summed E-state index contributed by atoms with van der Waals surface area (Å²) in [7, 11) is 0. The van der Waals surface area contributed by atoms with E-state index in [2.05, 4.69) is 20.9 Å². The first-order valence-corrected chi connectivity index (χ1v) is 11.6. The summed E-state index contributed by atoms with van der Waals surface area (Å²) < 4.78 is 12.1. The molecule has 3 N–H and O–H groups in total. The van der Waals surface area contributed by atoms with E-state index in [1.54, 1.807) is 48.7 Å². The zero-order chi connectivity index (χ0) is 24.5. The van der Waals surface area contributed by atoms with Gasteiger partial charge in [0.2, 0.25) is 17.6 Å². The van der Waals surface area contributed by atoms with E-state index in [1.165, 1.54) is 0 Å². The van der Waals surface area contributed by atoms with Crippen LogP contribution in [0.25, 0.3) is 0 Å². The molecule has 2 heterocycles. The third-order valence-electron chi connectivity index (χ3n) is 6.21. The topological polar surface area (TPSA) is 102 Å². The van der Waals surface area contributed by atoms with Crippen molar-refractivity contribution in [3.8, 4) is 23.0 Å². The average Bonchev–Trinajstić information content (AvgIpc) is 3.72. The highest BCUT2D eigenvalue weighted by atomic mass is 16.5. The highest BCUT2D eigenvalue weighted by Gasteiger charge is 2.56. The summed E-state index contributed by atoms with van der Waals surface area (Å²) in [6, 6.07) is 25.4. The van der Waals surface area contributed by atoms with E-state index >= 15 is 0 Å². The predicted octanol–water partition coefficient (Wildman–Crippen LogP) is 6.08. The lowest BCUT2D eigenvalue weighted by molar-refractivity contribution is -0.131. The number of hydrogen-bond acceptors (Lipinski definition) is 6. The molecule has 0 saturated heterocycles. The van der Waals surface area contributed by atoms with Gasteiger partial charge in [0.25, 0.3) is 0 Å². The molecule has 1 aliphatic carbocycles. The van der Waals surface area contributed by atoms with E-state index in [9.17, 15) is 9.59 Å². The Balaban J connectivity index is 1.12. The first-order valence-electron chi connectivity index (χ1n) is 11.6. The van der Waals surface area contributed by atoms with Crippen molar-refractivity contribution in [2.24, 2.45) is 5.41 Å². The van der Waals surface area contributed by atoms with Gasteiger partial charge in [0.15, 0.2) is 17.3 Å². The van der Waals surface area contributed by atoms with Gasteiger partial charge in [-0.25, -0.2) is 4.98 Å². The van der Waals surface area contributed by atoms with Crippen LogP contribution in [0.15, 0.2) is 91.1 Å². The number of para-hydroxylation sites is 3. The van der Waals surface area contributed by atoms with Gasteiger partial charge in [-0.3, -0.25) is 9.59 Å². The summed E-state index contributed by atoms with van der Waals surface area (Å²) in [5.74, 6) is 2.22. The molecule has 0 unspecified atom stereocenters. The maximum absolute atomic E-state index is 12.9. The number of hydrogen-bond donors (Lipinski definition) is 3.